The van der Waals surface area contributed by atoms with E-state index in [1.54, 1.807) is 12.1 Å². The van der Waals surface area contributed by atoms with Gasteiger partial charge in [-0.2, -0.15) is 0 Å². The molecule has 3 aliphatic rings. The van der Waals surface area contributed by atoms with E-state index < -0.39 is 0 Å². The number of hydrogen-bond donors (Lipinski definition) is 2. The fourth-order valence-corrected chi connectivity index (χ4v) is 6.96. The summed E-state index contributed by atoms with van der Waals surface area (Å²) < 4.78 is 6.05. The molecule has 1 saturated carbocycles. The van der Waals surface area contributed by atoms with Crippen LogP contribution in [0.3, 0.4) is 0 Å². The van der Waals surface area contributed by atoms with Gasteiger partial charge < -0.3 is 15.2 Å². The molecule has 4 heteroatoms. The molecule has 4 nitrogen and oxygen atoms in total. The van der Waals surface area contributed by atoms with E-state index >= 15 is 0 Å². The lowest BCUT2D eigenvalue weighted by Crippen LogP contribution is -2.45. The number of unbranched alkanes of at least 4 members (excludes halogenated alkanes) is 1. The molecule has 0 aromatic heterocycles. The van der Waals surface area contributed by atoms with Crippen LogP contribution < -0.4 is 10.1 Å². The quantitative estimate of drug-likeness (QED) is 0.255. The van der Waals surface area contributed by atoms with Gasteiger partial charge in [-0.3, -0.25) is 4.79 Å². The Labute approximate surface area is 234 Å². The van der Waals surface area contributed by atoms with Crippen molar-refractivity contribution in [2.24, 2.45) is 17.3 Å². The molecule has 5 rings (SSSR count). The number of allylic oxidation sites excluding steroid dienone is 2. The number of hydrogen-bond acceptors (Lipinski definition) is 3. The van der Waals surface area contributed by atoms with Crippen LogP contribution in [-0.4, -0.2) is 24.2 Å². The van der Waals surface area contributed by atoms with Gasteiger partial charge in [0.1, 0.15) is 11.5 Å². The lowest BCUT2D eigenvalue weighted by molar-refractivity contribution is -0.130. The number of phenolic OH excluding ortho intramolecular Hbond substituents is 1. The second-order valence-electron chi connectivity index (χ2n) is 12.1. The second-order valence-corrected chi connectivity index (χ2v) is 12.1. The molecule has 1 amide bonds. The Morgan fingerprint density at radius 2 is 1.62 bits per heavy atom. The van der Waals surface area contributed by atoms with E-state index in [0.29, 0.717) is 30.7 Å². The first-order chi connectivity index (χ1) is 18.9. The first-order valence-electron chi connectivity index (χ1n) is 15.2. The Bertz CT molecular complexity index is 1190. The van der Waals surface area contributed by atoms with E-state index in [1.165, 1.54) is 41.5 Å². The summed E-state index contributed by atoms with van der Waals surface area (Å²) in [5.74, 6) is 2.59. The summed E-state index contributed by atoms with van der Waals surface area (Å²) in [5.41, 5.74) is 6.41. The minimum atomic E-state index is -0.274. The zero-order valence-corrected chi connectivity index (χ0v) is 23.8. The van der Waals surface area contributed by atoms with Crippen LogP contribution in [0.25, 0.3) is 5.57 Å². The van der Waals surface area contributed by atoms with E-state index in [9.17, 15) is 9.90 Å². The molecule has 2 aromatic carbocycles. The van der Waals surface area contributed by atoms with Gasteiger partial charge in [0, 0.05) is 6.54 Å². The molecular weight excluding hydrogens is 482 g/mol. The van der Waals surface area contributed by atoms with Gasteiger partial charge in [0.25, 0.3) is 0 Å². The zero-order chi connectivity index (χ0) is 27.2. The number of ether oxygens (including phenoxy) is 1. The molecule has 0 spiro atoms. The molecule has 3 unspecified atom stereocenters. The first kappa shape index (κ1) is 27.6. The number of nitrogens with one attached hydrogen (secondary N) is 1. The lowest BCUT2D eigenvalue weighted by atomic mass is 9.61. The van der Waals surface area contributed by atoms with Crippen molar-refractivity contribution in [1.82, 2.24) is 5.32 Å². The van der Waals surface area contributed by atoms with Crippen molar-refractivity contribution in [2.75, 3.05) is 13.2 Å². The van der Waals surface area contributed by atoms with Crippen molar-refractivity contribution < 1.29 is 14.6 Å². The maximum Gasteiger partial charge on any atom is 0.230 e. The molecule has 0 saturated heterocycles. The van der Waals surface area contributed by atoms with Crippen LogP contribution in [0, 0.1) is 17.3 Å². The third kappa shape index (κ3) is 6.42. The maximum atomic E-state index is 13.2. The normalized spacial score (nSPS) is 24.6. The van der Waals surface area contributed by atoms with Gasteiger partial charge in [0.15, 0.2) is 0 Å². The van der Waals surface area contributed by atoms with E-state index in [0.717, 1.165) is 62.7 Å². The summed E-state index contributed by atoms with van der Waals surface area (Å²) in [4.78, 5) is 13.2. The van der Waals surface area contributed by atoms with Crippen LogP contribution in [0.1, 0.15) is 95.6 Å². The van der Waals surface area contributed by atoms with Crippen molar-refractivity contribution in [2.45, 2.75) is 84.5 Å². The Morgan fingerprint density at radius 3 is 2.33 bits per heavy atom. The predicted molar refractivity (Wildman–Crippen MR) is 159 cm³/mol. The van der Waals surface area contributed by atoms with Gasteiger partial charge in [-0.15, -0.1) is 0 Å². The highest BCUT2D eigenvalue weighted by molar-refractivity contribution is 5.85. The Balaban J connectivity index is 1.11. The molecule has 0 heterocycles. The standard InChI is InChI=1S/C35H45NO3/c1-25-23-35(20-8-11-30(24-35)26(25)2)34(38)36-21-6-7-22-39-32-18-14-29(15-19-32)33(27-9-4-3-5-10-27)28-12-16-31(37)17-13-28/h12-19,24-26,37H,3-11,20-23H2,1-2H3,(H,36,38). The van der Waals surface area contributed by atoms with E-state index in [4.69, 9.17) is 4.74 Å². The number of carbonyl (C=O) groups excluding carboxylic acids is 1. The molecule has 2 aromatic rings. The topological polar surface area (TPSA) is 58.6 Å². The van der Waals surface area contributed by atoms with Crippen LogP contribution >= 0.6 is 0 Å². The molecule has 2 bridgehead atoms. The van der Waals surface area contributed by atoms with Crippen molar-refractivity contribution in [3.63, 3.8) is 0 Å². The summed E-state index contributed by atoms with van der Waals surface area (Å²) in [7, 11) is 0. The van der Waals surface area contributed by atoms with Gasteiger partial charge in [0.2, 0.25) is 5.91 Å². The van der Waals surface area contributed by atoms with Crippen molar-refractivity contribution in [3.05, 3.63) is 76.9 Å². The van der Waals surface area contributed by atoms with E-state index in [1.807, 2.05) is 12.1 Å². The summed E-state index contributed by atoms with van der Waals surface area (Å²) in [5, 5.41) is 13.0. The largest absolute Gasteiger partial charge is 0.508 e. The van der Waals surface area contributed by atoms with Crippen molar-refractivity contribution >= 4 is 11.5 Å². The summed E-state index contributed by atoms with van der Waals surface area (Å²) in [6.07, 6.45) is 14.5. The molecule has 1 fully saturated rings. The average molecular weight is 528 g/mol. The number of benzene rings is 2. The molecule has 3 atom stereocenters. The Morgan fingerprint density at radius 1 is 0.923 bits per heavy atom. The van der Waals surface area contributed by atoms with Crippen molar-refractivity contribution in [1.29, 1.82) is 0 Å². The number of carbonyl (C=O) groups is 1. The number of amides is 1. The molecule has 208 valence electrons. The SMILES string of the molecule is CC1CC2(C(=O)NCCCCOc3ccc(C(=C4CCCCC4)c4ccc(O)cc4)cc3)C=C(CCC2)C1C. The third-order valence-electron chi connectivity index (χ3n) is 9.36. The third-order valence-corrected chi connectivity index (χ3v) is 9.36. The van der Waals surface area contributed by atoms with Crippen LogP contribution in [-0.2, 0) is 4.79 Å². The summed E-state index contributed by atoms with van der Waals surface area (Å²) >= 11 is 0. The molecule has 0 radical (unpaired) electrons. The Kier molecular flexibility index (Phi) is 8.79. The number of phenols is 1. The van der Waals surface area contributed by atoms with Crippen LogP contribution in [0.5, 0.6) is 11.5 Å². The molecule has 0 aliphatic heterocycles. The van der Waals surface area contributed by atoms with Gasteiger partial charge in [-0.1, -0.05) is 61.8 Å². The fraction of sp³-hybridized carbons (Fsp3) is 0.514. The molecular formula is C35H45NO3. The van der Waals surface area contributed by atoms with Crippen molar-refractivity contribution in [3.8, 4) is 11.5 Å². The van der Waals surface area contributed by atoms with Gasteiger partial charge >= 0.3 is 0 Å². The van der Waals surface area contributed by atoms with E-state index in [2.05, 4.69) is 49.5 Å². The smallest absolute Gasteiger partial charge is 0.230 e. The number of aromatic hydroxyl groups is 1. The monoisotopic (exact) mass is 527 g/mol. The lowest BCUT2D eigenvalue weighted by Gasteiger charge is -2.43. The minimum Gasteiger partial charge on any atom is -0.508 e. The zero-order valence-electron chi connectivity index (χ0n) is 23.8. The average Bonchev–Trinajstić information content (AvgIpc) is 2.96. The van der Waals surface area contributed by atoms with Crippen LogP contribution in [0.2, 0.25) is 0 Å². The molecule has 39 heavy (non-hydrogen) atoms. The summed E-state index contributed by atoms with van der Waals surface area (Å²) in [6.45, 7) is 5.97. The van der Waals surface area contributed by atoms with Gasteiger partial charge in [-0.25, -0.2) is 0 Å². The highest BCUT2D eigenvalue weighted by Gasteiger charge is 2.44. The second kappa shape index (κ2) is 12.4. The van der Waals surface area contributed by atoms with Gasteiger partial charge in [0.05, 0.1) is 12.0 Å². The number of fused-ring (bicyclic) bond motifs is 1. The first-order valence-corrected chi connectivity index (χ1v) is 15.2. The minimum absolute atomic E-state index is 0.228. The van der Waals surface area contributed by atoms with E-state index in [-0.39, 0.29) is 11.3 Å². The fourth-order valence-electron chi connectivity index (χ4n) is 6.96. The highest BCUT2D eigenvalue weighted by Crippen LogP contribution is 2.49. The molecule has 2 N–H and O–H groups in total. The predicted octanol–water partition coefficient (Wildman–Crippen LogP) is 8.21. The van der Waals surface area contributed by atoms with Crippen LogP contribution in [0.4, 0.5) is 0 Å². The van der Waals surface area contributed by atoms with Gasteiger partial charge in [-0.05, 0) is 117 Å². The highest BCUT2D eigenvalue weighted by atomic mass is 16.5. The van der Waals surface area contributed by atoms with Crippen LogP contribution in [0.15, 0.2) is 65.8 Å². The Hall–Kier alpha value is -3.01. The summed E-state index contributed by atoms with van der Waals surface area (Å²) in [6, 6.07) is 16.1. The molecule has 3 aliphatic carbocycles. The number of rotatable bonds is 9. The maximum absolute atomic E-state index is 13.2.